The van der Waals surface area contributed by atoms with Crippen LogP contribution in [0.25, 0.3) is 0 Å². The van der Waals surface area contributed by atoms with Crippen LogP contribution in [0, 0.1) is 19.8 Å². The lowest BCUT2D eigenvalue weighted by molar-refractivity contribution is 0.446. The fraction of sp³-hybridized carbons (Fsp3) is 0.818. The first-order valence-corrected chi connectivity index (χ1v) is 4.93. The van der Waals surface area contributed by atoms with E-state index in [0.29, 0.717) is 0 Å². The molecule has 0 fully saturated rings. The molecule has 0 heteroatoms. The fourth-order valence-corrected chi connectivity index (χ4v) is 1.34. The quantitative estimate of drug-likeness (QED) is 0.486. The molecule has 0 aliphatic carbocycles. The van der Waals surface area contributed by atoms with Gasteiger partial charge >= 0.3 is 0 Å². The van der Waals surface area contributed by atoms with Gasteiger partial charge in [-0.25, -0.2) is 0 Å². The molecule has 1 unspecified atom stereocenters. The summed E-state index contributed by atoms with van der Waals surface area (Å²) in [5, 5.41) is 0. The molecule has 0 aliphatic rings. The van der Waals surface area contributed by atoms with Crippen molar-refractivity contribution in [2.45, 2.75) is 51.9 Å². The second-order valence-electron chi connectivity index (χ2n) is 3.27. The Morgan fingerprint density at radius 3 is 2.27 bits per heavy atom. The molecule has 11 heavy (non-hydrogen) atoms. The summed E-state index contributed by atoms with van der Waals surface area (Å²) in [5.74, 6) is 0.875. The Morgan fingerprint density at radius 2 is 1.82 bits per heavy atom. The molecular formula is C11H22. The van der Waals surface area contributed by atoms with Crippen molar-refractivity contribution in [1.82, 2.24) is 0 Å². The van der Waals surface area contributed by atoms with E-state index in [4.69, 9.17) is 0 Å². The maximum atomic E-state index is 3.94. The molecule has 0 aromatic carbocycles. The lowest BCUT2D eigenvalue weighted by atomic mass is 9.96. The number of rotatable bonds is 7. The Morgan fingerprint density at radius 1 is 1.09 bits per heavy atom. The second-order valence-corrected chi connectivity index (χ2v) is 3.27. The molecular weight excluding hydrogens is 132 g/mol. The Labute approximate surface area is 72.4 Å². The topological polar surface area (TPSA) is 0 Å². The average Bonchev–Trinajstić information content (AvgIpc) is 2.05. The number of unbranched alkanes of at least 4 members (excludes halogenated alkanes) is 3. The smallest absolute Gasteiger partial charge is 0.0417 e. The van der Waals surface area contributed by atoms with Crippen LogP contribution in [0.2, 0.25) is 0 Å². The van der Waals surface area contributed by atoms with Gasteiger partial charge in [0, 0.05) is 0 Å². The molecule has 66 valence electrons. The van der Waals surface area contributed by atoms with Crippen LogP contribution in [0.3, 0.4) is 0 Å². The van der Waals surface area contributed by atoms with Crippen molar-refractivity contribution in [3.63, 3.8) is 0 Å². The molecule has 0 nitrogen and oxygen atoms in total. The van der Waals surface area contributed by atoms with E-state index in [9.17, 15) is 0 Å². The number of hydrogen-bond acceptors (Lipinski definition) is 0. The fourth-order valence-electron chi connectivity index (χ4n) is 1.34. The van der Waals surface area contributed by atoms with Gasteiger partial charge in [0.15, 0.2) is 0 Å². The predicted octanol–water partition coefficient (Wildman–Crippen LogP) is 4.02. The van der Waals surface area contributed by atoms with Crippen molar-refractivity contribution < 1.29 is 0 Å². The van der Waals surface area contributed by atoms with Gasteiger partial charge in [0.1, 0.15) is 0 Å². The van der Waals surface area contributed by atoms with Gasteiger partial charge in [-0.05, 0) is 5.92 Å². The first kappa shape index (κ1) is 11.0. The number of hydrogen-bond donors (Lipinski definition) is 0. The summed E-state index contributed by atoms with van der Waals surface area (Å²) in [4.78, 5) is 0. The molecule has 0 aromatic heterocycles. The summed E-state index contributed by atoms with van der Waals surface area (Å²) in [6.45, 7) is 10.0. The van der Waals surface area contributed by atoms with Crippen LogP contribution < -0.4 is 0 Å². The maximum Gasteiger partial charge on any atom is -0.0417 e. The average molecular weight is 154 g/mol. The van der Waals surface area contributed by atoms with Gasteiger partial charge in [0.25, 0.3) is 0 Å². The summed E-state index contributed by atoms with van der Waals surface area (Å²) >= 11 is 0. The molecule has 2 radical (unpaired) electrons. The van der Waals surface area contributed by atoms with E-state index in [1.807, 2.05) is 0 Å². The molecule has 0 heterocycles. The Hall–Kier alpha value is 0. The lowest BCUT2D eigenvalue weighted by Gasteiger charge is -2.10. The van der Waals surface area contributed by atoms with Crippen LogP contribution in [0.1, 0.15) is 51.9 Å². The zero-order valence-corrected chi connectivity index (χ0v) is 7.94. The third kappa shape index (κ3) is 6.40. The molecule has 0 saturated carbocycles. The Balaban J connectivity index is 3.07. The highest BCUT2D eigenvalue weighted by Crippen LogP contribution is 2.16. The molecule has 0 amide bonds. The first-order chi connectivity index (χ1) is 5.35. The molecule has 0 spiro atoms. The molecule has 0 N–H and O–H groups in total. The van der Waals surface area contributed by atoms with Crippen molar-refractivity contribution in [3.8, 4) is 0 Å². The minimum atomic E-state index is 0.875. The normalized spacial score (nSPS) is 10.9. The van der Waals surface area contributed by atoms with Gasteiger partial charge in [-0.2, -0.15) is 0 Å². The van der Waals surface area contributed by atoms with Crippen molar-refractivity contribution in [1.29, 1.82) is 0 Å². The highest BCUT2D eigenvalue weighted by Gasteiger charge is 2.01. The van der Waals surface area contributed by atoms with Gasteiger partial charge < -0.3 is 0 Å². The zero-order chi connectivity index (χ0) is 8.53. The molecule has 0 aliphatic heterocycles. The molecule has 0 aromatic rings. The van der Waals surface area contributed by atoms with Crippen LogP contribution in [-0.2, 0) is 0 Å². The molecule has 0 rings (SSSR count). The standard InChI is InChI=1S/C11H22/c1-4-7-8-9-10-11(5-2)6-3/h11H,1-2,4-10H2,3H3. The summed E-state index contributed by atoms with van der Waals surface area (Å²) in [5.41, 5.74) is 0. The van der Waals surface area contributed by atoms with E-state index >= 15 is 0 Å². The minimum Gasteiger partial charge on any atom is -0.0651 e. The second kappa shape index (κ2) is 8.10. The molecule has 0 saturated heterocycles. The van der Waals surface area contributed by atoms with Crippen LogP contribution in [0.15, 0.2) is 0 Å². The van der Waals surface area contributed by atoms with Gasteiger partial charge in [0.05, 0.1) is 0 Å². The van der Waals surface area contributed by atoms with Gasteiger partial charge in [-0.1, -0.05) is 65.7 Å². The van der Waals surface area contributed by atoms with Crippen LogP contribution in [-0.4, -0.2) is 0 Å². The van der Waals surface area contributed by atoms with E-state index in [0.717, 1.165) is 18.8 Å². The van der Waals surface area contributed by atoms with Gasteiger partial charge in [-0.3, -0.25) is 0 Å². The molecule has 1 atom stereocenters. The maximum absolute atomic E-state index is 3.94. The SMILES string of the molecule is [CH2]CCCCCC(C[CH2])CC. The largest absolute Gasteiger partial charge is 0.0651 e. The van der Waals surface area contributed by atoms with E-state index in [1.165, 1.54) is 32.1 Å². The highest BCUT2D eigenvalue weighted by atomic mass is 14.1. The van der Waals surface area contributed by atoms with Crippen molar-refractivity contribution in [2.24, 2.45) is 5.92 Å². The summed E-state index contributed by atoms with van der Waals surface area (Å²) in [6, 6.07) is 0. The summed E-state index contributed by atoms with van der Waals surface area (Å²) in [6.07, 6.45) is 8.92. The van der Waals surface area contributed by atoms with Crippen molar-refractivity contribution >= 4 is 0 Å². The lowest BCUT2D eigenvalue weighted by Crippen LogP contribution is -1.96. The summed E-state index contributed by atoms with van der Waals surface area (Å²) < 4.78 is 0. The Bertz CT molecular complexity index is 62.4. The first-order valence-electron chi connectivity index (χ1n) is 4.93. The molecule has 0 bridgehead atoms. The van der Waals surface area contributed by atoms with E-state index in [-0.39, 0.29) is 0 Å². The third-order valence-electron chi connectivity index (χ3n) is 2.35. The third-order valence-corrected chi connectivity index (χ3v) is 2.35. The van der Waals surface area contributed by atoms with Crippen LogP contribution in [0.4, 0.5) is 0 Å². The predicted molar refractivity (Wildman–Crippen MR) is 52.2 cm³/mol. The Kier molecular flexibility index (Phi) is 8.10. The van der Waals surface area contributed by atoms with Crippen molar-refractivity contribution in [3.05, 3.63) is 13.8 Å². The monoisotopic (exact) mass is 154 g/mol. The van der Waals surface area contributed by atoms with Gasteiger partial charge in [-0.15, -0.1) is 0 Å². The minimum absolute atomic E-state index is 0.875. The van der Waals surface area contributed by atoms with Crippen LogP contribution in [0.5, 0.6) is 0 Å². The van der Waals surface area contributed by atoms with Gasteiger partial charge in [0.2, 0.25) is 0 Å². The zero-order valence-electron chi connectivity index (χ0n) is 7.94. The van der Waals surface area contributed by atoms with E-state index in [2.05, 4.69) is 20.8 Å². The summed E-state index contributed by atoms with van der Waals surface area (Å²) in [7, 11) is 0. The van der Waals surface area contributed by atoms with Crippen molar-refractivity contribution in [2.75, 3.05) is 0 Å². The highest BCUT2D eigenvalue weighted by molar-refractivity contribution is 4.58. The van der Waals surface area contributed by atoms with E-state index < -0.39 is 0 Å². The van der Waals surface area contributed by atoms with E-state index in [1.54, 1.807) is 0 Å². The van der Waals surface area contributed by atoms with Crippen LogP contribution >= 0.6 is 0 Å².